The van der Waals surface area contributed by atoms with Crippen molar-refractivity contribution >= 4 is 17.4 Å². The van der Waals surface area contributed by atoms with Crippen molar-refractivity contribution < 1.29 is 4.74 Å². The first-order chi connectivity index (χ1) is 7.26. The van der Waals surface area contributed by atoms with Gasteiger partial charge in [-0.05, 0) is 24.1 Å². The summed E-state index contributed by atoms with van der Waals surface area (Å²) >= 11 is 5.50. The third-order valence-electron chi connectivity index (χ3n) is 2.01. The van der Waals surface area contributed by atoms with E-state index in [0.29, 0.717) is 18.3 Å². The van der Waals surface area contributed by atoms with Gasteiger partial charge >= 0.3 is 0 Å². The number of amidine groups is 1. The number of nitrogens with zero attached hydrogens (tertiary/aromatic N) is 1. The molecule has 2 N–H and O–H groups in total. The van der Waals surface area contributed by atoms with Crippen LogP contribution in [0.1, 0.15) is 5.56 Å². The Hall–Kier alpha value is -1.22. The molecule has 0 aliphatic heterocycles. The summed E-state index contributed by atoms with van der Waals surface area (Å²) in [4.78, 5) is 4.11. The fourth-order valence-electron chi connectivity index (χ4n) is 1.16. The van der Waals surface area contributed by atoms with Crippen molar-refractivity contribution in [2.24, 2.45) is 10.7 Å². The van der Waals surface area contributed by atoms with Crippen LogP contribution in [0.3, 0.4) is 0 Å². The first-order valence-electron chi connectivity index (χ1n) is 4.74. The molecule has 1 rings (SSSR count). The lowest BCUT2D eigenvalue weighted by Gasteiger charge is -2.02. The van der Waals surface area contributed by atoms with Crippen LogP contribution in [0.25, 0.3) is 0 Å². The van der Waals surface area contributed by atoms with Crippen LogP contribution in [-0.2, 0) is 6.42 Å². The molecule has 0 heterocycles. The number of hydrogen-bond acceptors (Lipinski definition) is 2. The van der Waals surface area contributed by atoms with Gasteiger partial charge in [0.25, 0.3) is 0 Å². The number of ether oxygens (including phenoxy) is 1. The number of rotatable bonds is 5. The Labute approximate surface area is 94.9 Å². The second kappa shape index (κ2) is 6.30. The number of alkyl halides is 1. The Kier molecular flexibility index (Phi) is 4.98. The first-order valence-corrected chi connectivity index (χ1v) is 5.27. The topological polar surface area (TPSA) is 47.6 Å². The van der Waals surface area contributed by atoms with Crippen molar-refractivity contribution in [1.82, 2.24) is 0 Å². The Morgan fingerprint density at radius 2 is 2.07 bits per heavy atom. The molecule has 0 saturated heterocycles. The molecule has 0 amide bonds. The zero-order valence-electron chi connectivity index (χ0n) is 8.74. The summed E-state index contributed by atoms with van der Waals surface area (Å²) in [5.41, 5.74) is 6.69. The van der Waals surface area contributed by atoms with E-state index in [1.165, 1.54) is 5.56 Å². The highest BCUT2D eigenvalue weighted by Gasteiger charge is 1.94. The van der Waals surface area contributed by atoms with E-state index in [1.54, 1.807) is 7.11 Å². The molecule has 0 aromatic heterocycles. The number of hydrogen-bond donors (Lipinski definition) is 1. The van der Waals surface area contributed by atoms with Crippen LogP contribution in [0.15, 0.2) is 29.3 Å². The zero-order valence-corrected chi connectivity index (χ0v) is 9.50. The van der Waals surface area contributed by atoms with E-state index in [0.717, 1.165) is 12.2 Å². The second-order valence-electron chi connectivity index (χ2n) is 3.10. The molecule has 0 aliphatic carbocycles. The van der Waals surface area contributed by atoms with Crippen molar-refractivity contribution in [2.75, 3.05) is 19.5 Å². The quantitative estimate of drug-likeness (QED) is 0.473. The molecule has 15 heavy (non-hydrogen) atoms. The SMILES string of the molecule is COc1ccc(CCN=C(N)CCl)cc1. The fourth-order valence-corrected chi connectivity index (χ4v) is 1.25. The van der Waals surface area contributed by atoms with Gasteiger partial charge in [-0.3, -0.25) is 4.99 Å². The van der Waals surface area contributed by atoms with E-state index in [2.05, 4.69) is 4.99 Å². The van der Waals surface area contributed by atoms with Crippen molar-refractivity contribution in [3.63, 3.8) is 0 Å². The van der Waals surface area contributed by atoms with Crippen LogP contribution < -0.4 is 10.5 Å². The summed E-state index contributed by atoms with van der Waals surface area (Å²) in [6.07, 6.45) is 0.863. The predicted octanol–water partition coefficient (Wildman–Crippen LogP) is 1.83. The Balaban J connectivity index is 2.44. The number of nitrogens with two attached hydrogens (primary N) is 1. The van der Waals surface area contributed by atoms with Crippen molar-refractivity contribution in [3.8, 4) is 5.75 Å². The van der Waals surface area contributed by atoms with Crippen molar-refractivity contribution in [2.45, 2.75) is 6.42 Å². The van der Waals surface area contributed by atoms with Crippen molar-refractivity contribution in [3.05, 3.63) is 29.8 Å². The minimum Gasteiger partial charge on any atom is -0.497 e. The average molecular weight is 227 g/mol. The normalized spacial score (nSPS) is 11.5. The second-order valence-corrected chi connectivity index (χ2v) is 3.37. The molecular weight excluding hydrogens is 212 g/mol. The predicted molar refractivity (Wildman–Crippen MR) is 63.9 cm³/mol. The fraction of sp³-hybridized carbons (Fsp3) is 0.364. The van der Waals surface area contributed by atoms with E-state index in [4.69, 9.17) is 22.1 Å². The maximum atomic E-state index is 5.50. The van der Waals surface area contributed by atoms with Crippen LogP contribution in [-0.4, -0.2) is 25.4 Å². The van der Waals surface area contributed by atoms with Gasteiger partial charge in [0.05, 0.1) is 13.0 Å². The van der Waals surface area contributed by atoms with Gasteiger partial charge < -0.3 is 10.5 Å². The minimum absolute atomic E-state index is 0.294. The monoisotopic (exact) mass is 226 g/mol. The molecule has 0 atom stereocenters. The largest absolute Gasteiger partial charge is 0.497 e. The maximum absolute atomic E-state index is 5.50. The molecule has 1 aromatic carbocycles. The molecular formula is C11H15ClN2O. The van der Waals surface area contributed by atoms with Crippen LogP contribution in [0.2, 0.25) is 0 Å². The van der Waals surface area contributed by atoms with Crippen LogP contribution in [0, 0.1) is 0 Å². The average Bonchev–Trinajstić information content (AvgIpc) is 2.29. The molecule has 0 unspecified atom stereocenters. The Morgan fingerprint density at radius 3 is 2.60 bits per heavy atom. The number of methoxy groups -OCH3 is 1. The molecule has 0 spiro atoms. The van der Waals surface area contributed by atoms with Gasteiger partial charge in [-0.15, -0.1) is 11.6 Å². The summed E-state index contributed by atoms with van der Waals surface area (Å²) < 4.78 is 5.06. The van der Waals surface area contributed by atoms with Crippen LogP contribution in [0.4, 0.5) is 0 Å². The molecule has 1 aromatic rings. The maximum Gasteiger partial charge on any atom is 0.118 e. The summed E-state index contributed by atoms with van der Waals surface area (Å²) in [5.74, 6) is 1.65. The lowest BCUT2D eigenvalue weighted by Crippen LogP contribution is -2.14. The third kappa shape index (κ3) is 4.21. The molecule has 82 valence electrons. The van der Waals surface area contributed by atoms with Gasteiger partial charge in [-0.25, -0.2) is 0 Å². The smallest absolute Gasteiger partial charge is 0.118 e. The lowest BCUT2D eigenvalue weighted by molar-refractivity contribution is 0.414. The van der Waals surface area contributed by atoms with Gasteiger partial charge in [-0.2, -0.15) is 0 Å². The van der Waals surface area contributed by atoms with Gasteiger partial charge in [0.1, 0.15) is 11.6 Å². The molecule has 3 nitrogen and oxygen atoms in total. The minimum atomic E-state index is 0.294. The third-order valence-corrected chi connectivity index (χ3v) is 2.29. The molecule has 0 saturated carbocycles. The highest BCUT2D eigenvalue weighted by Crippen LogP contribution is 2.11. The summed E-state index contributed by atoms with van der Waals surface area (Å²) in [7, 11) is 1.65. The van der Waals surface area contributed by atoms with Crippen LogP contribution in [0.5, 0.6) is 5.75 Å². The summed E-state index contributed by atoms with van der Waals surface area (Å²) in [5, 5.41) is 0. The van der Waals surface area contributed by atoms with Crippen molar-refractivity contribution in [1.29, 1.82) is 0 Å². The molecule has 0 bridgehead atoms. The number of benzene rings is 1. The Morgan fingerprint density at radius 1 is 1.40 bits per heavy atom. The van der Waals surface area contributed by atoms with E-state index in [1.807, 2.05) is 24.3 Å². The number of halogens is 1. The zero-order chi connectivity index (χ0) is 11.1. The standard InChI is InChI=1S/C11H15ClN2O/c1-15-10-4-2-9(3-5-10)6-7-14-11(13)8-12/h2-5H,6-8H2,1H3,(H2,13,14). The molecule has 4 heteroatoms. The molecule has 0 radical (unpaired) electrons. The Bertz CT molecular complexity index is 322. The number of aliphatic imine (C=N–C) groups is 1. The van der Waals surface area contributed by atoms with Gasteiger partial charge in [0, 0.05) is 6.54 Å². The summed E-state index contributed by atoms with van der Waals surface area (Å²) in [6, 6.07) is 7.91. The molecule has 0 aliphatic rings. The highest BCUT2D eigenvalue weighted by atomic mass is 35.5. The van der Waals surface area contributed by atoms with Gasteiger partial charge in [-0.1, -0.05) is 12.1 Å². The van der Waals surface area contributed by atoms with Crippen LogP contribution >= 0.6 is 11.6 Å². The highest BCUT2D eigenvalue weighted by molar-refractivity contribution is 6.27. The summed E-state index contributed by atoms with van der Waals surface area (Å²) in [6.45, 7) is 0.672. The van der Waals surface area contributed by atoms with Gasteiger partial charge in [0.2, 0.25) is 0 Å². The van der Waals surface area contributed by atoms with Gasteiger partial charge in [0.15, 0.2) is 0 Å². The lowest BCUT2D eigenvalue weighted by atomic mass is 10.1. The molecule has 0 fully saturated rings. The first kappa shape index (κ1) is 11.9. The van der Waals surface area contributed by atoms with E-state index >= 15 is 0 Å². The van der Waals surface area contributed by atoms with E-state index < -0.39 is 0 Å². The van der Waals surface area contributed by atoms with E-state index in [9.17, 15) is 0 Å². The van der Waals surface area contributed by atoms with E-state index in [-0.39, 0.29) is 0 Å².